The van der Waals surface area contributed by atoms with Crippen LogP contribution in [0.2, 0.25) is 10.0 Å². The van der Waals surface area contributed by atoms with Gasteiger partial charge in [-0.1, -0.05) is 23.2 Å². The van der Waals surface area contributed by atoms with Crippen molar-refractivity contribution in [3.05, 3.63) is 33.8 Å². The number of halogens is 2. The zero-order chi connectivity index (χ0) is 16.3. The number of aliphatic hydroxyl groups excluding tert-OH is 1. The van der Waals surface area contributed by atoms with Crippen molar-refractivity contribution >= 4 is 29.1 Å². The van der Waals surface area contributed by atoms with Gasteiger partial charge in [0.2, 0.25) is 5.91 Å². The van der Waals surface area contributed by atoms with Crippen LogP contribution in [0.1, 0.15) is 31.2 Å². The number of hydrogen-bond acceptors (Lipinski definition) is 3. The zero-order valence-corrected chi connectivity index (χ0v) is 14.2. The zero-order valence-electron chi connectivity index (χ0n) is 12.7. The molecule has 0 radical (unpaired) electrons. The Morgan fingerprint density at radius 3 is 2.59 bits per heavy atom. The Kier molecular flexibility index (Phi) is 5.72. The average molecular weight is 346 g/mol. The maximum atomic E-state index is 12.4. The number of amides is 1. The van der Waals surface area contributed by atoms with Crippen LogP contribution in [-0.4, -0.2) is 36.9 Å². The van der Waals surface area contributed by atoms with E-state index in [0.717, 1.165) is 12.0 Å². The maximum Gasteiger partial charge on any atom is 0.224 e. The number of ether oxygens (including phenoxy) is 1. The van der Waals surface area contributed by atoms with E-state index in [1.807, 2.05) is 19.1 Å². The molecule has 0 aliphatic heterocycles. The largest absolute Gasteiger partial charge is 0.396 e. The fraction of sp³-hybridized carbons (Fsp3) is 0.562. The maximum absolute atomic E-state index is 12.4. The summed E-state index contributed by atoms with van der Waals surface area (Å²) in [6, 6.07) is 5.39. The molecule has 0 bridgehead atoms. The number of rotatable bonds is 7. The van der Waals surface area contributed by atoms with E-state index in [2.05, 4.69) is 5.32 Å². The number of carbonyl (C=O) groups is 1. The number of nitrogens with one attached hydrogen (secondary N) is 1. The Morgan fingerprint density at radius 1 is 1.41 bits per heavy atom. The fourth-order valence-electron chi connectivity index (χ4n) is 2.77. The predicted molar refractivity (Wildman–Crippen MR) is 87.4 cm³/mol. The van der Waals surface area contributed by atoms with E-state index in [9.17, 15) is 4.79 Å². The molecule has 2 N–H and O–H groups in total. The first-order valence-electron chi connectivity index (χ1n) is 7.26. The molecule has 3 atom stereocenters. The monoisotopic (exact) mass is 345 g/mol. The minimum Gasteiger partial charge on any atom is -0.396 e. The van der Waals surface area contributed by atoms with Gasteiger partial charge in [0.15, 0.2) is 0 Å². The van der Waals surface area contributed by atoms with Gasteiger partial charge >= 0.3 is 0 Å². The van der Waals surface area contributed by atoms with E-state index >= 15 is 0 Å². The highest BCUT2D eigenvalue weighted by Crippen LogP contribution is 2.48. The molecule has 1 amide bonds. The smallest absolute Gasteiger partial charge is 0.224 e. The molecule has 4 nitrogen and oxygen atoms in total. The first-order valence-corrected chi connectivity index (χ1v) is 8.02. The van der Waals surface area contributed by atoms with Crippen molar-refractivity contribution in [2.45, 2.75) is 31.2 Å². The number of methoxy groups -OCH3 is 1. The first kappa shape index (κ1) is 17.5. The van der Waals surface area contributed by atoms with Crippen molar-refractivity contribution in [3.8, 4) is 0 Å². The van der Waals surface area contributed by atoms with Crippen LogP contribution in [0.4, 0.5) is 0 Å². The van der Waals surface area contributed by atoms with E-state index in [0.29, 0.717) is 23.1 Å². The lowest BCUT2D eigenvalue weighted by atomic mass is 9.98. The van der Waals surface area contributed by atoms with E-state index < -0.39 is 5.54 Å². The summed E-state index contributed by atoms with van der Waals surface area (Å²) >= 11 is 12.0. The Morgan fingerprint density at radius 2 is 2.05 bits per heavy atom. The third-order valence-electron chi connectivity index (χ3n) is 3.99. The standard InChI is InChI=1S/C16H21Cl2NO3/c1-16(3-4-20,9-22-2)19-15(21)14-8-13(14)10-5-11(17)7-12(18)6-10/h5-7,13-14,20H,3-4,8-9H2,1-2H3,(H,19,21). The van der Waals surface area contributed by atoms with Crippen LogP contribution in [0, 0.1) is 5.92 Å². The molecule has 1 aliphatic carbocycles. The van der Waals surface area contributed by atoms with Crippen molar-refractivity contribution < 1.29 is 14.6 Å². The number of carbonyl (C=O) groups excluding carboxylic acids is 1. The van der Waals surface area contributed by atoms with Crippen LogP contribution in [-0.2, 0) is 9.53 Å². The van der Waals surface area contributed by atoms with Crippen molar-refractivity contribution in [1.82, 2.24) is 5.32 Å². The highest BCUT2D eigenvalue weighted by molar-refractivity contribution is 6.34. The van der Waals surface area contributed by atoms with Gasteiger partial charge in [-0.15, -0.1) is 0 Å². The van der Waals surface area contributed by atoms with Gasteiger partial charge in [-0.2, -0.15) is 0 Å². The van der Waals surface area contributed by atoms with E-state index in [1.165, 1.54) is 0 Å². The van der Waals surface area contributed by atoms with Crippen molar-refractivity contribution in [1.29, 1.82) is 0 Å². The molecule has 0 saturated heterocycles. The summed E-state index contributed by atoms with van der Waals surface area (Å²) < 4.78 is 5.14. The molecule has 0 aromatic heterocycles. The van der Waals surface area contributed by atoms with Crippen molar-refractivity contribution in [2.75, 3.05) is 20.3 Å². The lowest BCUT2D eigenvalue weighted by molar-refractivity contribution is -0.125. The third kappa shape index (κ3) is 4.35. The van der Waals surface area contributed by atoms with Gasteiger partial charge < -0.3 is 15.2 Å². The fourth-order valence-corrected chi connectivity index (χ4v) is 3.31. The molecule has 1 aliphatic rings. The quantitative estimate of drug-likeness (QED) is 0.798. The summed E-state index contributed by atoms with van der Waals surface area (Å²) in [6.45, 7) is 2.23. The Hall–Kier alpha value is -0.810. The van der Waals surface area contributed by atoms with E-state index in [-0.39, 0.29) is 24.3 Å². The van der Waals surface area contributed by atoms with Crippen molar-refractivity contribution in [2.24, 2.45) is 5.92 Å². The number of hydrogen-bond donors (Lipinski definition) is 2. The second-order valence-corrected chi connectivity index (χ2v) is 6.98. The molecule has 6 heteroatoms. The van der Waals surface area contributed by atoms with Gasteiger partial charge in [-0.25, -0.2) is 0 Å². The topological polar surface area (TPSA) is 58.6 Å². The summed E-state index contributed by atoms with van der Waals surface area (Å²) in [5, 5.41) is 13.3. The predicted octanol–water partition coefficient (Wildman–Crippen LogP) is 3.00. The van der Waals surface area contributed by atoms with Crippen LogP contribution >= 0.6 is 23.2 Å². The van der Waals surface area contributed by atoms with Gasteiger partial charge in [0, 0.05) is 29.7 Å². The SMILES string of the molecule is COCC(C)(CCO)NC(=O)C1CC1c1cc(Cl)cc(Cl)c1. The Labute approximate surface area is 140 Å². The van der Waals surface area contributed by atoms with Gasteiger partial charge in [0.1, 0.15) is 0 Å². The van der Waals surface area contributed by atoms with Gasteiger partial charge in [0.25, 0.3) is 0 Å². The Balaban J connectivity index is 2.00. The number of benzene rings is 1. The first-order chi connectivity index (χ1) is 10.4. The highest BCUT2D eigenvalue weighted by atomic mass is 35.5. The molecule has 122 valence electrons. The molecular formula is C16H21Cl2NO3. The van der Waals surface area contributed by atoms with Gasteiger partial charge in [0.05, 0.1) is 12.1 Å². The summed E-state index contributed by atoms with van der Waals surface area (Å²) in [5.41, 5.74) is 0.438. The highest BCUT2D eigenvalue weighted by Gasteiger charge is 2.45. The van der Waals surface area contributed by atoms with Crippen LogP contribution in [0.25, 0.3) is 0 Å². The van der Waals surface area contributed by atoms with Crippen LogP contribution in [0.5, 0.6) is 0 Å². The number of aliphatic hydroxyl groups is 1. The van der Waals surface area contributed by atoms with E-state index in [1.54, 1.807) is 13.2 Å². The molecule has 1 aromatic rings. The second kappa shape index (κ2) is 7.18. The molecular weight excluding hydrogens is 325 g/mol. The van der Waals surface area contributed by atoms with Crippen molar-refractivity contribution in [3.63, 3.8) is 0 Å². The minimum atomic E-state index is -0.556. The molecule has 0 heterocycles. The summed E-state index contributed by atoms with van der Waals surface area (Å²) in [7, 11) is 1.58. The third-order valence-corrected chi connectivity index (χ3v) is 4.43. The summed E-state index contributed by atoms with van der Waals surface area (Å²) in [4.78, 5) is 12.4. The molecule has 0 spiro atoms. The second-order valence-electron chi connectivity index (χ2n) is 6.11. The minimum absolute atomic E-state index is 0.00185. The lowest BCUT2D eigenvalue weighted by Crippen LogP contribution is -2.50. The average Bonchev–Trinajstić information content (AvgIpc) is 3.17. The molecule has 1 aromatic carbocycles. The van der Waals surface area contributed by atoms with Gasteiger partial charge in [-0.3, -0.25) is 4.79 Å². The molecule has 2 rings (SSSR count). The molecule has 1 fully saturated rings. The molecule has 3 unspecified atom stereocenters. The van der Waals surface area contributed by atoms with Crippen LogP contribution < -0.4 is 5.32 Å². The summed E-state index contributed by atoms with van der Waals surface area (Å²) in [5.74, 6) is 0.0515. The summed E-state index contributed by atoms with van der Waals surface area (Å²) in [6.07, 6.45) is 1.23. The normalized spacial score (nSPS) is 23.0. The molecule has 22 heavy (non-hydrogen) atoms. The van der Waals surface area contributed by atoms with E-state index in [4.69, 9.17) is 33.0 Å². The van der Waals surface area contributed by atoms with Crippen LogP contribution in [0.15, 0.2) is 18.2 Å². The van der Waals surface area contributed by atoms with Gasteiger partial charge in [-0.05, 0) is 49.4 Å². The Bertz CT molecular complexity index is 524. The van der Waals surface area contributed by atoms with Crippen LogP contribution in [0.3, 0.4) is 0 Å². The molecule has 1 saturated carbocycles. The lowest BCUT2D eigenvalue weighted by Gasteiger charge is -2.29.